The van der Waals surface area contributed by atoms with E-state index in [-0.39, 0.29) is 0 Å². The highest BCUT2D eigenvalue weighted by Crippen LogP contribution is 2.13. The van der Waals surface area contributed by atoms with E-state index in [1.165, 1.54) is 38.5 Å². The summed E-state index contributed by atoms with van der Waals surface area (Å²) in [6.07, 6.45) is 11.7. The van der Waals surface area contributed by atoms with Gasteiger partial charge in [0.15, 0.2) is 0 Å². The second kappa shape index (κ2) is 12.4. The summed E-state index contributed by atoms with van der Waals surface area (Å²) in [5.41, 5.74) is 0.682. The molecule has 0 aliphatic carbocycles. The van der Waals surface area contributed by atoms with E-state index in [0.29, 0.717) is 12.2 Å². The molecule has 0 saturated carbocycles. The summed E-state index contributed by atoms with van der Waals surface area (Å²) in [6.45, 7) is 1.08. The van der Waals surface area contributed by atoms with E-state index in [4.69, 9.17) is 9.84 Å². The van der Waals surface area contributed by atoms with Gasteiger partial charge in [-0.15, -0.1) is 0 Å². The number of aliphatic hydroxyl groups excluding tert-OH is 1. The molecule has 118 valence electrons. The molecule has 21 heavy (non-hydrogen) atoms. The Hall–Kier alpha value is -1.35. The zero-order valence-corrected chi connectivity index (χ0v) is 12.9. The normalized spacial score (nSPS) is 10.5. The highest BCUT2D eigenvalue weighted by atomic mass is 16.5. The van der Waals surface area contributed by atoms with Gasteiger partial charge in [0.1, 0.15) is 12.0 Å². The number of aldehydes is 1. The van der Waals surface area contributed by atoms with Gasteiger partial charge in [0, 0.05) is 12.2 Å². The molecule has 3 nitrogen and oxygen atoms in total. The van der Waals surface area contributed by atoms with Crippen LogP contribution < -0.4 is 4.74 Å². The van der Waals surface area contributed by atoms with Crippen LogP contribution >= 0.6 is 0 Å². The number of carbonyl (C=O) groups excluding carboxylic acids is 1. The SMILES string of the molecule is O=Cc1ccc(OCCCCCCCCCCCO)cc1. The van der Waals surface area contributed by atoms with Crippen molar-refractivity contribution in [1.29, 1.82) is 0 Å². The van der Waals surface area contributed by atoms with Gasteiger partial charge in [0.05, 0.1) is 6.61 Å². The van der Waals surface area contributed by atoms with Gasteiger partial charge in [0.2, 0.25) is 0 Å². The molecule has 0 bridgehead atoms. The molecule has 0 radical (unpaired) electrons. The molecule has 0 unspecified atom stereocenters. The summed E-state index contributed by atoms with van der Waals surface area (Å²) in [7, 11) is 0. The number of rotatable bonds is 13. The molecule has 0 aromatic heterocycles. The minimum atomic E-state index is 0.331. The zero-order chi connectivity index (χ0) is 15.2. The smallest absolute Gasteiger partial charge is 0.150 e. The molecule has 0 fully saturated rings. The van der Waals surface area contributed by atoms with Gasteiger partial charge in [-0.05, 0) is 37.1 Å². The van der Waals surface area contributed by atoms with Gasteiger partial charge in [-0.2, -0.15) is 0 Å². The lowest BCUT2D eigenvalue weighted by atomic mass is 10.1. The average Bonchev–Trinajstić information content (AvgIpc) is 2.53. The quantitative estimate of drug-likeness (QED) is 0.433. The van der Waals surface area contributed by atoms with Gasteiger partial charge in [-0.1, -0.05) is 44.9 Å². The Morgan fingerprint density at radius 2 is 1.33 bits per heavy atom. The standard InChI is InChI=1S/C18H28O3/c19-14-8-6-4-2-1-3-5-7-9-15-21-18-12-10-17(16-20)11-13-18/h10-13,16,19H,1-9,14-15H2. The molecule has 1 aromatic carbocycles. The number of hydrogen-bond donors (Lipinski definition) is 1. The van der Waals surface area contributed by atoms with Crippen molar-refractivity contribution in [3.63, 3.8) is 0 Å². The lowest BCUT2D eigenvalue weighted by Crippen LogP contribution is -1.97. The van der Waals surface area contributed by atoms with Crippen molar-refractivity contribution in [3.8, 4) is 5.75 Å². The van der Waals surface area contributed by atoms with Gasteiger partial charge < -0.3 is 9.84 Å². The highest BCUT2D eigenvalue weighted by Gasteiger charge is 1.96. The van der Waals surface area contributed by atoms with Crippen LogP contribution in [0.1, 0.15) is 68.1 Å². The second-order valence-electron chi connectivity index (χ2n) is 5.44. The Bertz CT molecular complexity index is 359. The van der Waals surface area contributed by atoms with Crippen LogP contribution in [0.3, 0.4) is 0 Å². The Morgan fingerprint density at radius 1 is 0.810 bits per heavy atom. The fourth-order valence-corrected chi connectivity index (χ4v) is 2.28. The number of benzene rings is 1. The number of unbranched alkanes of at least 4 members (excludes halogenated alkanes) is 8. The van der Waals surface area contributed by atoms with Crippen LogP contribution in [0.5, 0.6) is 5.75 Å². The van der Waals surface area contributed by atoms with Crippen LogP contribution in [0.15, 0.2) is 24.3 Å². The molecular weight excluding hydrogens is 264 g/mol. The topological polar surface area (TPSA) is 46.5 Å². The molecule has 0 spiro atoms. The summed E-state index contributed by atoms with van der Waals surface area (Å²) < 4.78 is 5.64. The van der Waals surface area contributed by atoms with Crippen molar-refractivity contribution < 1.29 is 14.6 Å². The van der Waals surface area contributed by atoms with E-state index < -0.39 is 0 Å². The molecular formula is C18H28O3. The first-order chi connectivity index (χ1) is 10.4. The van der Waals surface area contributed by atoms with Crippen molar-refractivity contribution >= 4 is 6.29 Å². The Labute approximate surface area is 128 Å². The molecule has 0 saturated heterocycles. The highest BCUT2D eigenvalue weighted by molar-refractivity contribution is 5.74. The van der Waals surface area contributed by atoms with Crippen molar-refractivity contribution in [2.24, 2.45) is 0 Å². The van der Waals surface area contributed by atoms with Gasteiger partial charge in [-0.3, -0.25) is 4.79 Å². The predicted molar refractivity (Wildman–Crippen MR) is 86.0 cm³/mol. The van der Waals surface area contributed by atoms with Crippen molar-refractivity contribution in [1.82, 2.24) is 0 Å². The first-order valence-electron chi connectivity index (χ1n) is 8.15. The Balaban J connectivity index is 1.89. The molecule has 1 aromatic rings. The van der Waals surface area contributed by atoms with Gasteiger partial charge in [-0.25, -0.2) is 0 Å². The van der Waals surface area contributed by atoms with E-state index in [2.05, 4.69) is 0 Å². The number of carbonyl (C=O) groups is 1. The third-order valence-electron chi connectivity index (χ3n) is 3.59. The van der Waals surface area contributed by atoms with Crippen LogP contribution in [0.25, 0.3) is 0 Å². The summed E-state index contributed by atoms with van der Waals surface area (Å²) in [4.78, 5) is 10.5. The predicted octanol–water partition coefficient (Wildman–Crippen LogP) is 4.38. The Kier molecular flexibility index (Phi) is 10.4. The maximum Gasteiger partial charge on any atom is 0.150 e. The monoisotopic (exact) mass is 292 g/mol. The molecule has 0 atom stereocenters. The minimum absolute atomic E-state index is 0.331. The molecule has 1 rings (SSSR count). The van der Waals surface area contributed by atoms with E-state index in [0.717, 1.165) is 37.9 Å². The van der Waals surface area contributed by atoms with Crippen LogP contribution in [0.4, 0.5) is 0 Å². The van der Waals surface area contributed by atoms with E-state index in [1.807, 2.05) is 12.1 Å². The summed E-state index contributed by atoms with van der Waals surface area (Å²) in [6, 6.07) is 7.24. The molecule has 0 amide bonds. The van der Waals surface area contributed by atoms with E-state index in [1.54, 1.807) is 12.1 Å². The molecule has 1 N–H and O–H groups in total. The number of aliphatic hydroxyl groups is 1. The molecule has 0 aliphatic rings. The van der Waals surface area contributed by atoms with Crippen LogP contribution in [0.2, 0.25) is 0 Å². The van der Waals surface area contributed by atoms with Crippen molar-refractivity contribution in [2.75, 3.05) is 13.2 Å². The number of hydrogen-bond acceptors (Lipinski definition) is 3. The molecule has 0 aliphatic heterocycles. The number of ether oxygens (including phenoxy) is 1. The average molecular weight is 292 g/mol. The fraction of sp³-hybridized carbons (Fsp3) is 0.611. The van der Waals surface area contributed by atoms with Gasteiger partial charge >= 0.3 is 0 Å². The Morgan fingerprint density at radius 3 is 1.86 bits per heavy atom. The van der Waals surface area contributed by atoms with Crippen molar-refractivity contribution in [3.05, 3.63) is 29.8 Å². The molecule has 0 heterocycles. The van der Waals surface area contributed by atoms with Crippen molar-refractivity contribution in [2.45, 2.75) is 57.8 Å². The first kappa shape index (κ1) is 17.7. The van der Waals surface area contributed by atoms with E-state index >= 15 is 0 Å². The van der Waals surface area contributed by atoms with Crippen LogP contribution in [-0.4, -0.2) is 24.6 Å². The lowest BCUT2D eigenvalue weighted by Gasteiger charge is -2.06. The summed E-state index contributed by atoms with van der Waals surface area (Å²) in [5.74, 6) is 0.837. The van der Waals surface area contributed by atoms with Crippen LogP contribution in [-0.2, 0) is 0 Å². The second-order valence-corrected chi connectivity index (χ2v) is 5.44. The third kappa shape index (κ3) is 9.24. The van der Waals surface area contributed by atoms with Gasteiger partial charge in [0.25, 0.3) is 0 Å². The zero-order valence-electron chi connectivity index (χ0n) is 12.9. The maximum atomic E-state index is 10.5. The van der Waals surface area contributed by atoms with E-state index in [9.17, 15) is 4.79 Å². The van der Waals surface area contributed by atoms with Crippen LogP contribution in [0, 0.1) is 0 Å². The maximum absolute atomic E-state index is 10.5. The largest absolute Gasteiger partial charge is 0.494 e. The fourth-order valence-electron chi connectivity index (χ4n) is 2.28. The minimum Gasteiger partial charge on any atom is -0.494 e. The summed E-state index contributed by atoms with van der Waals surface area (Å²) >= 11 is 0. The summed E-state index contributed by atoms with van der Waals surface area (Å²) in [5, 5.41) is 8.67. The first-order valence-corrected chi connectivity index (χ1v) is 8.15. The molecule has 3 heteroatoms. The third-order valence-corrected chi connectivity index (χ3v) is 3.59. The lowest BCUT2D eigenvalue weighted by molar-refractivity contribution is 0.112.